The number of halogens is 2. The van der Waals surface area contributed by atoms with Crippen molar-refractivity contribution in [1.29, 1.82) is 10.5 Å². The van der Waals surface area contributed by atoms with E-state index in [4.69, 9.17) is 37.9 Å². The summed E-state index contributed by atoms with van der Waals surface area (Å²) < 4.78 is 11.0. The summed E-state index contributed by atoms with van der Waals surface area (Å²) in [5.74, 6) is 0. The molecule has 2 aliphatic carbocycles. The SMILES string of the molecule is N#CC1(c2cc(Cl)cc(C3OCCO3)c2)CCC1.N#CC1(c2cc(Cl)cc(C=O)c2)CCC1. The second-order valence-corrected chi connectivity index (χ2v) is 9.71. The molecule has 33 heavy (non-hydrogen) atoms. The highest BCUT2D eigenvalue weighted by molar-refractivity contribution is 6.31. The fourth-order valence-electron chi connectivity index (χ4n) is 4.52. The summed E-state index contributed by atoms with van der Waals surface area (Å²) in [6.07, 6.45) is 6.15. The van der Waals surface area contributed by atoms with E-state index in [1.165, 1.54) is 0 Å². The number of nitrogens with zero attached hydrogens (tertiary/aromatic N) is 2. The first-order valence-electron chi connectivity index (χ1n) is 11.1. The molecule has 2 saturated carbocycles. The first-order chi connectivity index (χ1) is 15.9. The number of carbonyl (C=O) groups excluding carboxylic acids is 1. The Morgan fingerprint density at radius 3 is 1.79 bits per heavy atom. The zero-order valence-corrected chi connectivity index (χ0v) is 19.7. The van der Waals surface area contributed by atoms with E-state index in [9.17, 15) is 10.1 Å². The molecule has 1 aliphatic heterocycles. The quantitative estimate of drug-likeness (QED) is 0.468. The molecular weight excluding hydrogens is 459 g/mol. The molecule has 0 unspecified atom stereocenters. The molecule has 3 fully saturated rings. The van der Waals surface area contributed by atoms with Gasteiger partial charge in [-0.05, 0) is 86.1 Å². The molecule has 2 aromatic carbocycles. The molecule has 2 aromatic rings. The third-order valence-electron chi connectivity index (χ3n) is 6.82. The van der Waals surface area contributed by atoms with Crippen molar-refractivity contribution in [2.45, 2.75) is 55.6 Å². The Kier molecular flexibility index (Phi) is 7.07. The monoisotopic (exact) mass is 482 g/mol. The summed E-state index contributed by atoms with van der Waals surface area (Å²) in [4.78, 5) is 10.7. The molecule has 5 nitrogen and oxygen atoms in total. The van der Waals surface area contributed by atoms with Gasteiger partial charge in [0.05, 0.1) is 36.2 Å². The predicted octanol–water partition coefficient (Wildman–Crippen LogP) is 6.43. The molecule has 1 heterocycles. The van der Waals surface area contributed by atoms with Gasteiger partial charge in [0, 0.05) is 21.2 Å². The minimum absolute atomic E-state index is 0.335. The Morgan fingerprint density at radius 2 is 1.33 bits per heavy atom. The van der Waals surface area contributed by atoms with Crippen LogP contribution in [0.1, 0.15) is 71.9 Å². The van der Waals surface area contributed by atoms with Crippen molar-refractivity contribution in [2.75, 3.05) is 13.2 Å². The number of rotatable bonds is 4. The molecule has 3 aliphatic rings. The highest BCUT2D eigenvalue weighted by Crippen LogP contribution is 2.45. The number of carbonyl (C=O) groups is 1. The van der Waals surface area contributed by atoms with Crippen molar-refractivity contribution in [2.24, 2.45) is 0 Å². The number of nitriles is 2. The van der Waals surface area contributed by atoms with Crippen molar-refractivity contribution in [3.05, 3.63) is 68.7 Å². The molecular formula is C26H24Cl2N2O3. The van der Waals surface area contributed by atoms with Crippen molar-refractivity contribution < 1.29 is 14.3 Å². The molecule has 0 bridgehead atoms. The second kappa shape index (κ2) is 9.84. The summed E-state index contributed by atoms with van der Waals surface area (Å²) >= 11 is 12.1. The summed E-state index contributed by atoms with van der Waals surface area (Å²) in [5.41, 5.74) is 2.58. The van der Waals surface area contributed by atoms with Gasteiger partial charge in [-0.2, -0.15) is 10.5 Å². The van der Waals surface area contributed by atoms with E-state index in [0.29, 0.717) is 28.8 Å². The first-order valence-corrected chi connectivity index (χ1v) is 11.8. The topological polar surface area (TPSA) is 83.1 Å². The van der Waals surface area contributed by atoms with Crippen LogP contribution in [0.25, 0.3) is 0 Å². The largest absolute Gasteiger partial charge is 0.346 e. The van der Waals surface area contributed by atoms with E-state index < -0.39 is 5.41 Å². The van der Waals surface area contributed by atoms with E-state index in [1.54, 1.807) is 18.2 Å². The fraction of sp³-hybridized carbons (Fsp3) is 0.423. The van der Waals surface area contributed by atoms with Gasteiger partial charge in [0.1, 0.15) is 6.29 Å². The Labute approximate surface area is 203 Å². The van der Waals surface area contributed by atoms with Crippen LogP contribution < -0.4 is 0 Å². The summed E-state index contributed by atoms with van der Waals surface area (Å²) in [7, 11) is 0. The van der Waals surface area contributed by atoms with Crippen molar-refractivity contribution in [3.63, 3.8) is 0 Å². The van der Waals surface area contributed by atoms with Gasteiger partial charge in [-0.25, -0.2) is 0 Å². The lowest BCUT2D eigenvalue weighted by Gasteiger charge is -2.36. The Bertz CT molecular complexity index is 1120. The van der Waals surface area contributed by atoms with Gasteiger partial charge in [0.2, 0.25) is 0 Å². The molecule has 0 aromatic heterocycles. The zero-order chi connectivity index (χ0) is 23.5. The Morgan fingerprint density at radius 1 is 0.818 bits per heavy atom. The van der Waals surface area contributed by atoms with Crippen LogP contribution in [-0.2, 0) is 20.3 Å². The van der Waals surface area contributed by atoms with Gasteiger partial charge in [-0.1, -0.05) is 23.2 Å². The van der Waals surface area contributed by atoms with Gasteiger partial charge in [-0.15, -0.1) is 0 Å². The molecule has 5 rings (SSSR count). The smallest absolute Gasteiger partial charge is 0.184 e. The van der Waals surface area contributed by atoms with E-state index in [1.807, 2.05) is 18.2 Å². The lowest BCUT2D eigenvalue weighted by Crippen LogP contribution is -2.32. The lowest BCUT2D eigenvalue weighted by molar-refractivity contribution is -0.0442. The molecule has 0 amide bonds. The zero-order valence-electron chi connectivity index (χ0n) is 18.2. The van der Waals surface area contributed by atoms with E-state index in [2.05, 4.69) is 12.1 Å². The maximum atomic E-state index is 10.7. The third-order valence-corrected chi connectivity index (χ3v) is 7.25. The molecule has 7 heteroatoms. The molecule has 0 N–H and O–H groups in total. The van der Waals surface area contributed by atoms with Gasteiger partial charge in [-0.3, -0.25) is 4.79 Å². The maximum Gasteiger partial charge on any atom is 0.184 e. The van der Waals surface area contributed by atoms with E-state index >= 15 is 0 Å². The van der Waals surface area contributed by atoms with Crippen LogP contribution in [0.4, 0.5) is 0 Å². The second-order valence-electron chi connectivity index (χ2n) is 8.83. The van der Waals surface area contributed by atoms with Crippen molar-refractivity contribution in [3.8, 4) is 12.1 Å². The first kappa shape index (κ1) is 23.7. The number of ether oxygens (including phenoxy) is 2. The van der Waals surface area contributed by atoms with Crippen LogP contribution in [0.15, 0.2) is 36.4 Å². The van der Waals surface area contributed by atoms with Crippen LogP contribution in [0.3, 0.4) is 0 Å². The van der Waals surface area contributed by atoms with Crippen molar-refractivity contribution >= 4 is 29.5 Å². The van der Waals surface area contributed by atoms with Crippen LogP contribution in [0.2, 0.25) is 10.0 Å². The lowest BCUT2D eigenvalue weighted by atomic mass is 9.65. The third kappa shape index (κ3) is 4.79. The van der Waals surface area contributed by atoms with E-state index in [-0.39, 0.29) is 11.7 Å². The fourth-order valence-corrected chi connectivity index (χ4v) is 5.01. The summed E-state index contributed by atoms with van der Waals surface area (Å²) in [6.45, 7) is 1.21. The van der Waals surface area contributed by atoms with Gasteiger partial charge in [0.15, 0.2) is 6.29 Å². The minimum Gasteiger partial charge on any atom is -0.346 e. The maximum absolute atomic E-state index is 10.7. The molecule has 0 spiro atoms. The minimum atomic E-state index is -0.400. The summed E-state index contributed by atoms with van der Waals surface area (Å²) in [6, 6.07) is 15.7. The molecule has 0 atom stereocenters. The van der Waals surface area contributed by atoms with Gasteiger partial charge >= 0.3 is 0 Å². The molecule has 0 radical (unpaired) electrons. The number of hydrogen-bond donors (Lipinski definition) is 0. The highest BCUT2D eigenvalue weighted by Gasteiger charge is 2.40. The normalized spacial score (nSPS) is 20.2. The number of benzene rings is 2. The van der Waals surface area contributed by atoms with Crippen LogP contribution in [0, 0.1) is 22.7 Å². The van der Waals surface area contributed by atoms with Crippen LogP contribution in [0.5, 0.6) is 0 Å². The Balaban J connectivity index is 0.000000160. The molecule has 170 valence electrons. The number of hydrogen-bond acceptors (Lipinski definition) is 5. The highest BCUT2D eigenvalue weighted by atomic mass is 35.5. The van der Waals surface area contributed by atoms with Crippen LogP contribution in [-0.4, -0.2) is 19.5 Å². The van der Waals surface area contributed by atoms with E-state index in [0.717, 1.165) is 61.5 Å². The Hall–Kier alpha value is -2.41. The molecule has 1 saturated heterocycles. The number of aldehydes is 1. The average molecular weight is 483 g/mol. The van der Waals surface area contributed by atoms with Crippen LogP contribution >= 0.6 is 23.2 Å². The summed E-state index contributed by atoms with van der Waals surface area (Å²) in [5, 5.41) is 19.7. The van der Waals surface area contributed by atoms with Crippen molar-refractivity contribution in [1.82, 2.24) is 0 Å². The standard InChI is InChI=1S/C14H14ClNO2.C12H10ClNO/c15-12-7-10(13-17-4-5-18-13)6-11(8-12)14(9-16)2-1-3-14;13-11-5-9(7-15)4-10(6-11)12(8-14)2-1-3-12/h6-8,13H,1-5H2;4-7H,1-3H2. The van der Waals surface area contributed by atoms with Gasteiger partial charge < -0.3 is 9.47 Å². The average Bonchev–Trinajstić information content (AvgIpc) is 3.28. The predicted molar refractivity (Wildman–Crippen MR) is 125 cm³/mol. The van der Waals surface area contributed by atoms with Gasteiger partial charge in [0.25, 0.3) is 0 Å².